The number of hydrogen-bond donors (Lipinski definition) is 1. The second-order valence-corrected chi connectivity index (χ2v) is 4.71. The average Bonchev–Trinajstić information content (AvgIpc) is 2.41. The molecule has 0 saturated carbocycles. The highest BCUT2D eigenvalue weighted by Gasteiger charge is 2.23. The third-order valence-corrected chi connectivity index (χ3v) is 3.46. The topological polar surface area (TPSA) is 48.5 Å². The average molecular weight is 248 g/mol. The van der Waals surface area contributed by atoms with Gasteiger partial charge in [0.25, 0.3) is 0 Å². The molecule has 5 heteroatoms. The summed E-state index contributed by atoms with van der Waals surface area (Å²) in [6.07, 6.45) is 3.95. The van der Waals surface area contributed by atoms with Crippen LogP contribution in [0, 0.1) is 0 Å². The van der Waals surface area contributed by atoms with Gasteiger partial charge in [-0.05, 0) is 19.2 Å². The predicted octanol–water partition coefficient (Wildman–Crippen LogP) is 0.338. The molecule has 1 atom stereocenters. The van der Waals surface area contributed by atoms with Gasteiger partial charge in [-0.2, -0.15) is 0 Å². The SMILES string of the molecule is CN(C(=O)CC1CNCCN1C)c1cccnc1. The highest BCUT2D eigenvalue weighted by atomic mass is 16.2. The van der Waals surface area contributed by atoms with E-state index in [-0.39, 0.29) is 11.9 Å². The molecule has 1 aromatic rings. The van der Waals surface area contributed by atoms with Crippen molar-refractivity contribution in [2.45, 2.75) is 12.5 Å². The Morgan fingerprint density at radius 1 is 1.67 bits per heavy atom. The quantitative estimate of drug-likeness (QED) is 0.838. The zero-order chi connectivity index (χ0) is 13.0. The van der Waals surface area contributed by atoms with E-state index in [1.807, 2.05) is 12.1 Å². The van der Waals surface area contributed by atoms with Crippen molar-refractivity contribution in [3.8, 4) is 0 Å². The summed E-state index contributed by atoms with van der Waals surface area (Å²) in [6, 6.07) is 4.02. The van der Waals surface area contributed by atoms with Crippen LogP contribution in [0.3, 0.4) is 0 Å². The van der Waals surface area contributed by atoms with Gasteiger partial charge >= 0.3 is 0 Å². The van der Waals surface area contributed by atoms with Crippen LogP contribution in [0.2, 0.25) is 0 Å². The number of likely N-dealkylation sites (N-methyl/N-ethyl adjacent to an activating group) is 1. The van der Waals surface area contributed by atoms with Gasteiger partial charge in [0.1, 0.15) is 0 Å². The molecule has 2 rings (SSSR count). The fourth-order valence-corrected chi connectivity index (χ4v) is 2.13. The number of rotatable bonds is 3. The third kappa shape index (κ3) is 3.05. The molecule has 1 N–H and O–H groups in total. The molecule has 1 fully saturated rings. The Balaban J connectivity index is 1.95. The van der Waals surface area contributed by atoms with E-state index >= 15 is 0 Å². The largest absolute Gasteiger partial charge is 0.314 e. The number of nitrogens with zero attached hydrogens (tertiary/aromatic N) is 3. The lowest BCUT2D eigenvalue weighted by atomic mass is 10.1. The third-order valence-electron chi connectivity index (χ3n) is 3.46. The maximum Gasteiger partial charge on any atom is 0.228 e. The van der Waals surface area contributed by atoms with Gasteiger partial charge in [0.15, 0.2) is 0 Å². The maximum absolute atomic E-state index is 12.2. The number of hydrogen-bond acceptors (Lipinski definition) is 4. The molecule has 0 aromatic carbocycles. The molecular weight excluding hydrogens is 228 g/mol. The summed E-state index contributed by atoms with van der Waals surface area (Å²) in [4.78, 5) is 20.2. The van der Waals surface area contributed by atoms with E-state index in [1.54, 1.807) is 24.3 Å². The Hall–Kier alpha value is -1.46. The molecule has 1 aliphatic rings. The summed E-state index contributed by atoms with van der Waals surface area (Å²) in [5.41, 5.74) is 0.842. The lowest BCUT2D eigenvalue weighted by Gasteiger charge is -2.33. The Morgan fingerprint density at radius 2 is 2.50 bits per heavy atom. The molecule has 0 radical (unpaired) electrons. The number of amides is 1. The fourth-order valence-electron chi connectivity index (χ4n) is 2.13. The van der Waals surface area contributed by atoms with Crippen molar-refractivity contribution in [2.75, 3.05) is 38.6 Å². The molecule has 0 aliphatic carbocycles. The summed E-state index contributed by atoms with van der Waals surface area (Å²) in [7, 11) is 3.87. The summed E-state index contributed by atoms with van der Waals surface area (Å²) in [6.45, 7) is 2.87. The van der Waals surface area contributed by atoms with Gasteiger partial charge in [0, 0.05) is 45.3 Å². The van der Waals surface area contributed by atoms with Gasteiger partial charge in [-0.15, -0.1) is 0 Å². The summed E-state index contributed by atoms with van der Waals surface area (Å²) in [5.74, 6) is 0.128. The first-order valence-corrected chi connectivity index (χ1v) is 6.26. The van der Waals surface area contributed by atoms with E-state index in [4.69, 9.17) is 0 Å². The maximum atomic E-state index is 12.2. The lowest BCUT2D eigenvalue weighted by molar-refractivity contribution is -0.119. The summed E-state index contributed by atoms with van der Waals surface area (Å²) >= 11 is 0. The normalized spacial score (nSPS) is 20.7. The van der Waals surface area contributed by atoms with E-state index in [0.717, 1.165) is 25.3 Å². The lowest BCUT2D eigenvalue weighted by Crippen LogP contribution is -2.51. The van der Waals surface area contributed by atoms with Gasteiger partial charge in [-0.1, -0.05) is 0 Å². The number of piperazine rings is 1. The van der Waals surface area contributed by atoms with Gasteiger partial charge < -0.3 is 15.1 Å². The van der Waals surface area contributed by atoms with Crippen molar-refractivity contribution in [1.29, 1.82) is 0 Å². The fraction of sp³-hybridized carbons (Fsp3) is 0.538. The van der Waals surface area contributed by atoms with Gasteiger partial charge in [-0.3, -0.25) is 9.78 Å². The van der Waals surface area contributed by atoms with Crippen molar-refractivity contribution in [3.05, 3.63) is 24.5 Å². The minimum absolute atomic E-state index is 0.128. The van der Waals surface area contributed by atoms with Crippen molar-refractivity contribution in [1.82, 2.24) is 15.2 Å². The van der Waals surface area contributed by atoms with Gasteiger partial charge in [-0.25, -0.2) is 0 Å². The van der Waals surface area contributed by atoms with Crippen LogP contribution in [-0.2, 0) is 4.79 Å². The molecule has 1 saturated heterocycles. The number of aromatic nitrogens is 1. The van der Waals surface area contributed by atoms with Crippen LogP contribution < -0.4 is 10.2 Å². The van der Waals surface area contributed by atoms with Gasteiger partial charge in [0.2, 0.25) is 5.91 Å². The first-order valence-electron chi connectivity index (χ1n) is 6.26. The van der Waals surface area contributed by atoms with Crippen LogP contribution in [-0.4, -0.2) is 55.6 Å². The Kier molecular flexibility index (Phi) is 4.28. The second kappa shape index (κ2) is 5.93. The molecule has 1 aliphatic heterocycles. The minimum Gasteiger partial charge on any atom is -0.314 e. The molecule has 0 bridgehead atoms. The number of anilines is 1. The Morgan fingerprint density at radius 3 is 3.17 bits per heavy atom. The van der Waals surface area contributed by atoms with Crippen molar-refractivity contribution >= 4 is 11.6 Å². The monoisotopic (exact) mass is 248 g/mol. The van der Waals surface area contributed by atoms with Gasteiger partial charge in [0.05, 0.1) is 11.9 Å². The second-order valence-electron chi connectivity index (χ2n) is 4.71. The van der Waals surface area contributed by atoms with E-state index in [0.29, 0.717) is 6.42 Å². The Labute approximate surface area is 108 Å². The van der Waals surface area contributed by atoms with E-state index in [2.05, 4.69) is 22.2 Å². The molecule has 18 heavy (non-hydrogen) atoms. The van der Waals surface area contributed by atoms with Crippen LogP contribution in [0.4, 0.5) is 5.69 Å². The molecule has 1 unspecified atom stereocenters. The van der Waals surface area contributed by atoms with Crippen LogP contribution in [0.25, 0.3) is 0 Å². The van der Waals surface area contributed by atoms with E-state index in [9.17, 15) is 4.79 Å². The first kappa shape index (κ1) is 13.0. The molecule has 2 heterocycles. The van der Waals surface area contributed by atoms with Crippen LogP contribution in [0.15, 0.2) is 24.5 Å². The van der Waals surface area contributed by atoms with E-state index < -0.39 is 0 Å². The highest BCUT2D eigenvalue weighted by Crippen LogP contribution is 2.13. The number of carbonyl (C=O) groups is 1. The smallest absolute Gasteiger partial charge is 0.228 e. The van der Waals surface area contributed by atoms with Crippen LogP contribution in [0.5, 0.6) is 0 Å². The minimum atomic E-state index is 0.128. The van der Waals surface area contributed by atoms with Crippen molar-refractivity contribution in [3.63, 3.8) is 0 Å². The molecule has 1 aromatic heterocycles. The van der Waals surface area contributed by atoms with Crippen molar-refractivity contribution in [2.24, 2.45) is 0 Å². The first-order chi connectivity index (χ1) is 8.68. The molecule has 1 amide bonds. The molecule has 5 nitrogen and oxygen atoms in total. The van der Waals surface area contributed by atoms with Crippen LogP contribution >= 0.6 is 0 Å². The summed E-state index contributed by atoms with van der Waals surface area (Å²) in [5, 5.41) is 3.32. The number of carbonyl (C=O) groups excluding carboxylic acids is 1. The molecule has 0 spiro atoms. The standard InChI is InChI=1S/C13H20N4O/c1-16-7-6-15-10-12(16)8-13(18)17(2)11-4-3-5-14-9-11/h3-5,9,12,15H,6-8,10H2,1-2H3. The zero-order valence-electron chi connectivity index (χ0n) is 11.0. The van der Waals surface area contributed by atoms with E-state index in [1.165, 1.54) is 0 Å². The number of nitrogens with one attached hydrogen (secondary N) is 1. The van der Waals surface area contributed by atoms with Crippen molar-refractivity contribution < 1.29 is 4.79 Å². The predicted molar refractivity (Wildman–Crippen MR) is 71.6 cm³/mol. The van der Waals surface area contributed by atoms with Crippen LogP contribution in [0.1, 0.15) is 6.42 Å². The molecule has 98 valence electrons. The molecular formula is C13H20N4O. The highest BCUT2D eigenvalue weighted by molar-refractivity contribution is 5.92. The number of pyridine rings is 1. The Bertz CT molecular complexity index is 395. The zero-order valence-corrected chi connectivity index (χ0v) is 11.0. The summed E-state index contributed by atoms with van der Waals surface area (Å²) < 4.78 is 0.